The summed E-state index contributed by atoms with van der Waals surface area (Å²) < 4.78 is 3.21. The Bertz CT molecular complexity index is 1780. The largest absolute Gasteiger partial charge is 0.342 e. The van der Waals surface area contributed by atoms with Gasteiger partial charge in [-0.3, -0.25) is 14.2 Å². The Hall–Kier alpha value is -4.59. The first kappa shape index (κ1) is 25.7. The molecule has 40 heavy (non-hydrogen) atoms. The molecular weight excluding hydrogens is 500 g/mol. The van der Waals surface area contributed by atoms with Crippen molar-refractivity contribution in [1.82, 2.24) is 29.5 Å². The van der Waals surface area contributed by atoms with Crippen LogP contribution < -0.4 is 10.9 Å². The number of nitrogens with one attached hydrogen (secondary N) is 1. The average Bonchev–Trinajstić information content (AvgIpc) is 3.32. The Labute approximate surface area is 232 Å². The molecule has 0 aliphatic heterocycles. The number of carbonyl (C=O) groups is 1. The topological polar surface area (TPSA) is 94.2 Å². The molecule has 5 aromatic rings. The minimum Gasteiger partial charge on any atom is -0.342 e. The highest BCUT2D eigenvalue weighted by Crippen LogP contribution is 2.27. The number of para-hydroxylation sites is 1. The van der Waals surface area contributed by atoms with Gasteiger partial charge in [-0.25, -0.2) is 14.5 Å². The van der Waals surface area contributed by atoms with E-state index in [0.717, 1.165) is 5.56 Å². The summed E-state index contributed by atoms with van der Waals surface area (Å²) >= 11 is 0. The third-order valence-corrected chi connectivity index (χ3v) is 7.70. The van der Waals surface area contributed by atoms with Crippen molar-refractivity contribution in [2.24, 2.45) is 5.92 Å². The molecule has 1 atom stereocenters. The second-order valence-electron chi connectivity index (χ2n) is 10.5. The lowest BCUT2D eigenvalue weighted by atomic mass is 9.88. The van der Waals surface area contributed by atoms with Crippen molar-refractivity contribution >= 4 is 28.5 Å². The van der Waals surface area contributed by atoms with E-state index in [0.29, 0.717) is 45.2 Å². The smallest absolute Gasteiger partial charge is 0.266 e. The Balaban J connectivity index is 1.44. The van der Waals surface area contributed by atoms with Gasteiger partial charge in [0.1, 0.15) is 11.4 Å². The molecule has 1 aliphatic rings. The predicted octanol–water partition coefficient (Wildman–Crippen LogP) is 5.82. The number of rotatable bonds is 6. The number of aryl methyl sites for hydroxylation is 1. The van der Waals surface area contributed by atoms with Crippen LogP contribution in [0.5, 0.6) is 0 Å². The lowest BCUT2D eigenvalue weighted by Gasteiger charge is -2.20. The maximum absolute atomic E-state index is 14.2. The lowest BCUT2D eigenvalue weighted by Crippen LogP contribution is -2.33. The van der Waals surface area contributed by atoms with Gasteiger partial charge in [0, 0.05) is 12.4 Å². The number of hydrogen-bond donors (Lipinski definition) is 1. The van der Waals surface area contributed by atoms with Crippen molar-refractivity contribution in [2.75, 3.05) is 0 Å². The zero-order valence-electron chi connectivity index (χ0n) is 22.7. The molecule has 0 spiro atoms. The van der Waals surface area contributed by atoms with Gasteiger partial charge in [0.15, 0.2) is 5.65 Å². The van der Waals surface area contributed by atoms with Crippen LogP contribution in [0.3, 0.4) is 0 Å². The Morgan fingerprint density at radius 1 is 1.05 bits per heavy atom. The van der Waals surface area contributed by atoms with Crippen LogP contribution in [-0.2, 0) is 0 Å². The van der Waals surface area contributed by atoms with Gasteiger partial charge in [0.2, 0.25) is 0 Å². The minimum atomic E-state index is -0.579. The molecule has 1 saturated carbocycles. The fourth-order valence-electron chi connectivity index (χ4n) is 5.69. The fourth-order valence-corrected chi connectivity index (χ4v) is 5.69. The molecule has 1 N–H and O–H groups in total. The number of nitrogens with zero attached hydrogens (tertiary/aromatic N) is 5. The van der Waals surface area contributed by atoms with E-state index in [4.69, 9.17) is 4.98 Å². The number of benzene rings is 2. The molecule has 0 saturated heterocycles. The number of allylic oxidation sites excluding steroid dienone is 1. The summed E-state index contributed by atoms with van der Waals surface area (Å²) in [5.74, 6) is 0.671. The van der Waals surface area contributed by atoms with Crippen LogP contribution >= 0.6 is 0 Å². The van der Waals surface area contributed by atoms with Crippen LogP contribution in [0.1, 0.15) is 72.5 Å². The highest BCUT2D eigenvalue weighted by Gasteiger charge is 2.24. The van der Waals surface area contributed by atoms with Gasteiger partial charge in [-0.05, 0) is 62.4 Å². The van der Waals surface area contributed by atoms with Gasteiger partial charge in [0.05, 0.1) is 28.3 Å². The first-order valence-electron chi connectivity index (χ1n) is 13.9. The zero-order valence-corrected chi connectivity index (χ0v) is 22.7. The van der Waals surface area contributed by atoms with Crippen LogP contribution in [0.4, 0.5) is 0 Å². The van der Waals surface area contributed by atoms with Crippen molar-refractivity contribution in [3.8, 4) is 5.69 Å². The molecular formula is C32H32N6O2. The normalized spacial score (nSPS) is 15.2. The summed E-state index contributed by atoms with van der Waals surface area (Å²) in [6, 6.07) is 16.4. The zero-order chi connectivity index (χ0) is 27.6. The van der Waals surface area contributed by atoms with Gasteiger partial charge in [-0.2, -0.15) is 5.10 Å². The van der Waals surface area contributed by atoms with Crippen molar-refractivity contribution in [3.05, 3.63) is 106 Å². The van der Waals surface area contributed by atoms with Crippen LogP contribution in [0, 0.1) is 12.8 Å². The van der Waals surface area contributed by atoms with Crippen molar-refractivity contribution in [3.63, 3.8) is 0 Å². The molecule has 1 fully saturated rings. The lowest BCUT2D eigenvalue weighted by molar-refractivity contribution is 0.0938. The van der Waals surface area contributed by atoms with E-state index in [1.807, 2.05) is 55.5 Å². The molecule has 8 nitrogen and oxygen atoms in total. The second kappa shape index (κ2) is 10.9. The summed E-state index contributed by atoms with van der Waals surface area (Å²) in [4.78, 5) is 37.0. The summed E-state index contributed by atoms with van der Waals surface area (Å²) in [6.07, 6.45) is 13.9. The summed E-state index contributed by atoms with van der Waals surface area (Å²) in [6.45, 7) is 3.62. The van der Waals surface area contributed by atoms with Crippen LogP contribution in [0.25, 0.3) is 28.3 Å². The maximum atomic E-state index is 14.2. The van der Waals surface area contributed by atoms with Gasteiger partial charge >= 0.3 is 0 Å². The van der Waals surface area contributed by atoms with E-state index >= 15 is 0 Å². The average molecular weight is 533 g/mol. The summed E-state index contributed by atoms with van der Waals surface area (Å²) in [5.41, 5.74) is 3.45. The van der Waals surface area contributed by atoms with Gasteiger partial charge in [0.25, 0.3) is 11.5 Å². The van der Waals surface area contributed by atoms with Crippen molar-refractivity contribution in [2.45, 2.75) is 52.0 Å². The first-order chi connectivity index (χ1) is 19.5. The Kier molecular flexibility index (Phi) is 6.99. The Morgan fingerprint density at radius 3 is 2.65 bits per heavy atom. The standard InChI is InChI=1S/C32H32N6O2/c1-21-27(30-33-19-10-20-37(30)36-21)31(39)34-22(2)29-35-26-16-9-13-24(18-17-23-11-5-3-6-12-23)28(26)32(40)38(29)25-14-7-4-8-15-25/h4,7-10,13-20,22-23H,3,5-6,11-12H2,1-2H3,(H,34,39)/b18-17+. The highest BCUT2D eigenvalue weighted by molar-refractivity contribution is 6.01. The third kappa shape index (κ3) is 4.81. The van der Waals surface area contributed by atoms with E-state index < -0.39 is 6.04 Å². The quantitative estimate of drug-likeness (QED) is 0.297. The molecule has 8 heteroatoms. The number of carbonyl (C=O) groups excluding carboxylic acids is 1. The van der Waals surface area contributed by atoms with Crippen LogP contribution in [0.2, 0.25) is 0 Å². The highest BCUT2D eigenvalue weighted by atomic mass is 16.2. The first-order valence-corrected chi connectivity index (χ1v) is 13.9. The predicted molar refractivity (Wildman–Crippen MR) is 157 cm³/mol. The van der Waals surface area contributed by atoms with Crippen molar-refractivity contribution < 1.29 is 4.79 Å². The van der Waals surface area contributed by atoms with Crippen LogP contribution in [0.15, 0.2) is 77.9 Å². The SMILES string of the molecule is Cc1nn2cccnc2c1C(=O)NC(C)c1nc2cccc(/C=C/C3CCCCC3)c2c(=O)n1-c1ccccc1. The van der Waals surface area contributed by atoms with E-state index in [2.05, 4.69) is 27.6 Å². The molecule has 1 aliphatic carbocycles. The van der Waals surface area contributed by atoms with E-state index in [-0.39, 0.29) is 11.5 Å². The minimum absolute atomic E-state index is 0.162. The van der Waals surface area contributed by atoms with E-state index in [1.165, 1.54) is 32.1 Å². The number of fused-ring (bicyclic) bond motifs is 2. The van der Waals surface area contributed by atoms with Gasteiger partial charge < -0.3 is 5.32 Å². The summed E-state index contributed by atoms with van der Waals surface area (Å²) in [7, 11) is 0. The maximum Gasteiger partial charge on any atom is 0.266 e. The van der Waals surface area contributed by atoms with Gasteiger partial charge in [-0.1, -0.05) is 61.7 Å². The van der Waals surface area contributed by atoms with Crippen molar-refractivity contribution in [1.29, 1.82) is 0 Å². The fraction of sp³-hybridized carbons (Fsp3) is 0.281. The molecule has 1 amide bonds. The second-order valence-corrected chi connectivity index (χ2v) is 10.5. The monoisotopic (exact) mass is 532 g/mol. The van der Waals surface area contributed by atoms with Crippen LogP contribution in [-0.4, -0.2) is 30.1 Å². The molecule has 0 bridgehead atoms. The van der Waals surface area contributed by atoms with E-state index in [1.54, 1.807) is 34.5 Å². The molecule has 3 aromatic heterocycles. The number of amides is 1. The number of aromatic nitrogens is 5. The molecule has 1 unspecified atom stereocenters. The molecule has 0 radical (unpaired) electrons. The summed E-state index contributed by atoms with van der Waals surface area (Å²) in [5, 5.41) is 8.03. The molecule has 2 aromatic carbocycles. The molecule has 202 valence electrons. The Morgan fingerprint density at radius 2 is 1.85 bits per heavy atom. The molecule has 3 heterocycles. The third-order valence-electron chi connectivity index (χ3n) is 7.70. The number of hydrogen-bond acceptors (Lipinski definition) is 5. The van der Waals surface area contributed by atoms with E-state index in [9.17, 15) is 9.59 Å². The van der Waals surface area contributed by atoms with Gasteiger partial charge in [-0.15, -0.1) is 0 Å². The molecule has 6 rings (SSSR count).